The van der Waals surface area contributed by atoms with Gasteiger partial charge in [-0.15, -0.1) is 0 Å². The van der Waals surface area contributed by atoms with E-state index in [4.69, 9.17) is 0 Å². The number of rotatable bonds is 7. The number of hydrogen-bond donors (Lipinski definition) is 2. The number of nitrogens with zero attached hydrogens (tertiary/aromatic N) is 2. The van der Waals surface area contributed by atoms with Crippen LogP contribution >= 0.6 is 0 Å². The molecule has 0 aliphatic heterocycles. The predicted molar refractivity (Wildman–Crippen MR) is 114 cm³/mol. The van der Waals surface area contributed by atoms with E-state index in [1.165, 1.54) is 0 Å². The van der Waals surface area contributed by atoms with Crippen LogP contribution in [-0.2, 0) is 0 Å². The Hall–Kier alpha value is -3.54. The van der Waals surface area contributed by atoms with Crippen molar-refractivity contribution in [2.45, 2.75) is 20.3 Å². The van der Waals surface area contributed by atoms with Gasteiger partial charge in [0.1, 0.15) is 11.5 Å². The number of aromatic nitrogens is 2. The second-order valence-corrected chi connectivity index (χ2v) is 7.12. The molecule has 2 amide bonds. The second-order valence-electron chi connectivity index (χ2n) is 7.12. The normalized spacial score (nSPS) is 10.6. The summed E-state index contributed by atoms with van der Waals surface area (Å²) >= 11 is 0. The number of pyridine rings is 2. The Morgan fingerprint density at radius 2 is 1.72 bits per heavy atom. The van der Waals surface area contributed by atoms with Crippen LogP contribution in [0.25, 0.3) is 11.1 Å². The Kier molecular flexibility index (Phi) is 6.68. The second kappa shape index (κ2) is 9.59. The topological polar surface area (TPSA) is 84.0 Å². The highest BCUT2D eigenvalue weighted by molar-refractivity contribution is 6.03. The van der Waals surface area contributed by atoms with Gasteiger partial charge in [-0.3, -0.25) is 14.6 Å². The van der Waals surface area contributed by atoms with E-state index >= 15 is 0 Å². The number of anilines is 1. The SMILES string of the molecule is CC(C)CCNC(=O)c1cc(-c2ccc(NC(=O)c3ccccc3)nc2)ccn1. The van der Waals surface area contributed by atoms with Crippen molar-refractivity contribution in [2.24, 2.45) is 5.92 Å². The molecule has 2 heterocycles. The maximum Gasteiger partial charge on any atom is 0.269 e. The fourth-order valence-corrected chi connectivity index (χ4v) is 2.72. The molecule has 6 nitrogen and oxygen atoms in total. The van der Waals surface area contributed by atoms with E-state index in [9.17, 15) is 9.59 Å². The maximum atomic E-state index is 12.3. The molecule has 0 bridgehead atoms. The van der Waals surface area contributed by atoms with E-state index in [1.54, 1.807) is 36.7 Å². The fourth-order valence-electron chi connectivity index (χ4n) is 2.72. The molecule has 0 atom stereocenters. The number of carbonyl (C=O) groups excluding carboxylic acids is 2. The van der Waals surface area contributed by atoms with E-state index in [-0.39, 0.29) is 11.8 Å². The van der Waals surface area contributed by atoms with Gasteiger partial charge in [0, 0.05) is 30.1 Å². The molecular formula is C23H24N4O2. The Morgan fingerprint density at radius 1 is 0.931 bits per heavy atom. The minimum Gasteiger partial charge on any atom is -0.351 e. The summed E-state index contributed by atoms with van der Waals surface area (Å²) in [6.07, 6.45) is 4.19. The minimum absolute atomic E-state index is 0.188. The molecule has 1 aromatic carbocycles. The number of nitrogens with one attached hydrogen (secondary N) is 2. The Balaban J connectivity index is 1.67. The van der Waals surface area contributed by atoms with Gasteiger partial charge in [0.2, 0.25) is 0 Å². The van der Waals surface area contributed by atoms with Crippen LogP contribution in [-0.4, -0.2) is 28.3 Å². The molecule has 0 radical (unpaired) electrons. The molecule has 29 heavy (non-hydrogen) atoms. The minimum atomic E-state index is -0.213. The lowest BCUT2D eigenvalue weighted by Gasteiger charge is -2.08. The van der Waals surface area contributed by atoms with Crippen LogP contribution in [0, 0.1) is 5.92 Å². The van der Waals surface area contributed by atoms with Crippen LogP contribution in [0.3, 0.4) is 0 Å². The van der Waals surface area contributed by atoms with Gasteiger partial charge in [0.25, 0.3) is 11.8 Å². The zero-order valence-corrected chi connectivity index (χ0v) is 16.6. The first-order valence-electron chi connectivity index (χ1n) is 9.60. The maximum absolute atomic E-state index is 12.3. The van der Waals surface area contributed by atoms with Crippen molar-refractivity contribution < 1.29 is 9.59 Å². The molecule has 2 N–H and O–H groups in total. The van der Waals surface area contributed by atoms with Gasteiger partial charge in [-0.1, -0.05) is 32.0 Å². The first-order valence-corrected chi connectivity index (χ1v) is 9.60. The zero-order chi connectivity index (χ0) is 20.6. The highest BCUT2D eigenvalue weighted by Crippen LogP contribution is 2.20. The van der Waals surface area contributed by atoms with Crippen molar-refractivity contribution in [3.8, 4) is 11.1 Å². The lowest BCUT2D eigenvalue weighted by molar-refractivity contribution is 0.0946. The van der Waals surface area contributed by atoms with E-state index in [0.717, 1.165) is 17.5 Å². The smallest absolute Gasteiger partial charge is 0.269 e. The van der Waals surface area contributed by atoms with Gasteiger partial charge in [0.05, 0.1) is 0 Å². The molecule has 3 aromatic rings. The van der Waals surface area contributed by atoms with Crippen LogP contribution in [0.15, 0.2) is 67.0 Å². The van der Waals surface area contributed by atoms with Crippen molar-refractivity contribution >= 4 is 17.6 Å². The standard InChI is InChI=1S/C23H24N4O2/c1-16(2)10-12-25-23(29)20-14-18(11-13-24-20)19-8-9-21(26-15-19)27-22(28)17-6-4-3-5-7-17/h3-9,11,13-16H,10,12H2,1-2H3,(H,25,29)(H,26,27,28). The first-order chi connectivity index (χ1) is 14.0. The van der Waals surface area contributed by atoms with Gasteiger partial charge in [-0.05, 0) is 54.3 Å². The molecular weight excluding hydrogens is 364 g/mol. The Morgan fingerprint density at radius 3 is 2.41 bits per heavy atom. The van der Waals surface area contributed by atoms with Crippen LogP contribution < -0.4 is 10.6 Å². The monoisotopic (exact) mass is 388 g/mol. The number of amides is 2. The van der Waals surface area contributed by atoms with Crippen molar-refractivity contribution in [3.05, 3.63) is 78.2 Å². The van der Waals surface area contributed by atoms with Crippen LogP contribution in [0.1, 0.15) is 41.1 Å². The van der Waals surface area contributed by atoms with Crippen molar-refractivity contribution in [1.29, 1.82) is 0 Å². The zero-order valence-electron chi connectivity index (χ0n) is 16.6. The summed E-state index contributed by atoms with van der Waals surface area (Å²) < 4.78 is 0. The third-order valence-electron chi connectivity index (χ3n) is 4.37. The summed E-state index contributed by atoms with van der Waals surface area (Å²) in [5.74, 6) is 0.590. The molecule has 0 unspecified atom stereocenters. The molecule has 2 aromatic heterocycles. The van der Waals surface area contributed by atoms with E-state index in [2.05, 4.69) is 34.4 Å². The molecule has 3 rings (SSSR count). The molecule has 0 fully saturated rings. The average molecular weight is 388 g/mol. The molecule has 148 valence electrons. The molecule has 0 saturated carbocycles. The highest BCUT2D eigenvalue weighted by atomic mass is 16.2. The lowest BCUT2D eigenvalue weighted by atomic mass is 10.1. The van der Waals surface area contributed by atoms with Crippen molar-refractivity contribution in [2.75, 3.05) is 11.9 Å². The number of carbonyl (C=O) groups is 2. The van der Waals surface area contributed by atoms with Crippen molar-refractivity contribution in [1.82, 2.24) is 15.3 Å². The third kappa shape index (κ3) is 5.72. The van der Waals surface area contributed by atoms with Gasteiger partial charge >= 0.3 is 0 Å². The Labute approximate surface area is 170 Å². The van der Waals surface area contributed by atoms with Gasteiger partial charge in [-0.2, -0.15) is 0 Å². The quantitative estimate of drug-likeness (QED) is 0.636. The number of hydrogen-bond acceptors (Lipinski definition) is 4. The highest BCUT2D eigenvalue weighted by Gasteiger charge is 2.10. The van der Waals surface area contributed by atoms with Gasteiger partial charge in [0.15, 0.2) is 0 Å². The van der Waals surface area contributed by atoms with Crippen LogP contribution in [0.2, 0.25) is 0 Å². The molecule has 0 saturated heterocycles. The van der Waals surface area contributed by atoms with E-state index < -0.39 is 0 Å². The van der Waals surface area contributed by atoms with Crippen LogP contribution in [0.4, 0.5) is 5.82 Å². The fraction of sp³-hybridized carbons (Fsp3) is 0.217. The summed E-state index contributed by atoms with van der Waals surface area (Å²) in [5.41, 5.74) is 2.61. The predicted octanol–water partition coefficient (Wildman–Crippen LogP) is 4.17. The van der Waals surface area contributed by atoms with E-state index in [0.29, 0.717) is 29.5 Å². The molecule has 6 heteroatoms. The summed E-state index contributed by atoms with van der Waals surface area (Å²) in [6.45, 7) is 4.85. The average Bonchev–Trinajstić information content (AvgIpc) is 2.74. The first kappa shape index (κ1) is 20.2. The third-order valence-corrected chi connectivity index (χ3v) is 4.37. The van der Waals surface area contributed by atoms with Crippen molar-refractivity contribution in [3.63, 3.8) is 0 Å². The van der Waals surface area contributed by atoms with Gasteiger partial charge < -0.3 is 10.6 Å². The largest absolute Gasteiger partial charge is 0.351 e. The molecule has 0 spiro atoms. The van der Waals surface area contributed by atoms with Gasteiger partial charge in [-0.25, -0.2) is 4.98 Å². The summed E-state index contributed by atoms with van der Waals surface area (Å²) in [6, 6.07) is 16.1. The van der Waals surface area contributed by atoms with Crippen LogP contribution in [0.5, 0.6) is 0 Å². The summed E-state index contributed by atoms with van der Waals surface area (Å²) in [7, 11) is 0. The van der Waals surface area contributed by atoms with E-state index in [1.807, 2.05) is 30.3 Å². The molecule has 0 aliphatic rings. The lowest BCUT2D eigenvalue weighted by Crippen LogP contribution is -2.26. The summed E-state index contributed by atoms with van der Waals surface area (Å²) in [4.78, 5) is 33.0. The number of benzene rings is 1. The summed E-state index contributed by atoms with van der Waals surface area (Å²) in [5, 5.41) is 5.66. The molecule has 0 aliphatic carbocycles. The Bertz CT molecular complexity index is 970.